The van der Waals surface area contributed by atoms with Crippen LogP contribution in [0.1, 0.15) is 31.2 Å². The quantitative estimate of drug-likeness (QED) is 0.704. The van der Waals surface area contributed by atoms with Crippen LogP contribution in [0.2, 0.25) is 0 Å². The van der Waals surface area contributed by atoms with E-state index in [0.717, 1.165) is 43.0 Å². The van der Waals surface area contributed by atoms with Crippen molar-refractivity contribution in [1.82, 2.24) is 9.97 Å². The molecule has 1 aliphatic rings. The number of fused-ring (bicyclic) bond motifs is 1. The Morgan fingerprint density at radius 3 is 2.81 bits per heavy atom. The highest BCUT2D eigenvalue weighted by Gasteiger charge is 2.13. The Morgan fingerprint density at radius 1 is 1.15 bits per heavy atom. The molecule has 2 N–H and O–H groups in total. The van der Waals surface area contributed by atoms with Crippen molar-refractivity contribution in [3.63, 3.8) is 0 Å². The van der Waals surface area contributed by atoms with Gasteiger partial charge < -0.3 is 15.2 Å². The van der Waals surface area contributed by atoms with Crippen molar-refractivity contribution >= 4 is 28.3 Å². The number of pyridine rings is 1. The number of para-hydroxylation sites is 1. The van der Waals surface area contributed by atoms with E-state index in [1.165, 1.54) is 23.8 Å². The summed E-state index contributed by atoms with van der Waals surface area (Å²) in [5, 5.41) is 4.19. The zero-order valence-corrected chi connectivity index (χ0v) is 14.9. The van der Waals surface area contributed by atoms with Crippen LogP contribution in [0.4, 0.5) is 11.5 Å². The molecule has 0 unspecified atom stereocenters. The standard InChI is InChI=1S/C21H24N4O/c26-21(9-5-6-16-14-22-19-8-2-1-7-18(16)19)24-17-10-11-20(23-15-17)25-12-3-4-13-25/h1-2,7-8,10-11,14-15,22H,3-6,9,12-13H2,(H,24,26). The lowest BCUT2D eigenvalue weighted by atomic mass is 10.1. The van der Waals surface area contributed by atoms with Crippen LogP contribution in [-0.4, -0.2) is 29.0 Å². The molecule has 1 fully saturated rings. The van der Waals surface area contributed by atoms with Gasteiger partial charge in [-0.2, -0.15) is 0 Å². The number of aromatic amines is 1. The van der Waals surface area contributed by atoms with Crippen molar-refractivity contribution in [1.29, 1.82) is 0 Å². The van der Waals surface area contributed by atoms with Gasteiger partial charge in [-0.1, -0.05) is 18.2 Å². The molecule has 3 aromatic rings. The number of anilines is 2. The van der Waals surface area contributed by atoms with E-state index >= 15 is 0 Å². The molecule has 0 atom stereocenters. The molecule has 1 aliphatic heterocycles. The maximum Gasteiger partial charge on any atom is 0.224 e. The van der Waals surface area contributed by atoms with Gasteiger partial charge in [0.2, 0.25) is 5.91 Å². The van der Waals surface area contributed by atoms with Gasteiger partial charge in [0.05, 0.1) is 11.9 Å². The summed E-state index contributed by atoms with van der Waals surface area (Å²) in [6, 6.07) is 12.2. The van der Waals surface area contributed by atoms with E-state index < -0.39 is 0 Å². The first-order valence-corrected chi connectivity index (χ1v) is 9.35. The molecule has 3 heterocycles. The molecular formula is C21H24N4O. The summed E-state index contributed by atoms with van der Waals surface area (Å²) in [6.45, 7) is 2.15. The van der Waals surface area contributed by atoms with Crippen LogP contribution in [0.15, 0.2) is 48.8 Å². The van der Waals surface area contributed by atoms with E-state index in [1.54, 1.807) is 6.20 Å². The van der Waals surface area contributed by atoms with Crippen LogP contribution < -0.4 is 10.2 Å². The predicted molar refractivity (Wildman–Crippen MR) is 106 cm³/mol. The number of carbonyl (C=O) groups excluding carboxylic acids is 1. The lowest BCUT2D eigenvalue weighted by Crippen LogP contribution is -2.19. The van der Waals surface area contributed by atoms with Crippen molar-refractivity contribution < 1.29 is 4.79 Å². The molecule has 0 aliphatic carbocycles. The fraction of sp³-hybridized carbons (Fsp3) is 0.333. The SMILES string of the molecule is O=C(CCCc1c[nH]c2ccccc12)Nc1ccc(N2CCCC2)nc1. The second-order valence-corrected chi connectivity index (χ2v) is 6.86. The third-order valence-corrected chi connectivity index (χ3v) is 4.99. The lowest BCUT2D eigenvalue weighted by molar-refractivity contribution is -0.116. The summed E-state index contributed by atoms with van der Waals surface area (Å²) in [6.07, 6.45) is 8.49. The van der Waals surface area contributed by atoms with Crippen molar-refractivity contribution in [3.05, 3.63) is 54.4 Å². The lowest BCUT2D eigenvalue weighted by Gasteiger charge is -2.16. The van der Waals surface area contributed by atoms with E-state index in [4.69, 9.17) is 0 Å². The molecule has 1 saturated heterocycles. The molecule has 2 aromatic heterocycles. The first kappa shape index (κ1) is 16.6. The summed E-state index contributed by atoms with van der Waals surface area (Å²) in [5.74, 6) is 1.04. The van der Waals surface area contributed by atoms with Crippen LogP contribution in [0.25, 0.3) is 10.9 Å². The van der Waals surface area contributed by atoms with Gasteiger partial charge in [0.1, 0.15) is 5.82 Å². The number of nitrogens with zero attached hydrogens (tertiary/aromatic N) is 2. The summed E-state index contributed by atoms with van der Waals surface area (Å²) < 4.78 is 0. The molecule has 5 nitrogen and oxygen atoms in total. The van der Waals surface area contributed by atoms with Gasteiger partial charge in [0, 0.05) is 36.6 Å². The number of amides is 1. The summed E-state index contributed by atoms with van der Waals surface area (Å²) >= 11 is 0. The minimum Gasteiger partial charge on any atom is -0.361 e. The number of benzene rings is 1. The highest BCUT2D eigenvalue weighted by atomic mass is 16.1. The molecule has 0 radical (unpaired) electrons. The van der Waals surface area contributed by atoms with Gasteiger partial charge in [0.25, 0.3) is 0 Å². The summed E-state index contributed by atoms with van der Waals surface area (Å²) in [4.78, 5) is 22.2. The van der Waals surface area contributed by atoms with Gasteiger partial charge in [-0.3, -0.25) is 4.79 Å². The highest BCUT2D eigenvalue weighted by Crippen LogP contribution is 2.21. The Kier molecular flexibility index (Phi) is 4.86. The molecule has 4 rings (SSSR count). The Balaban J connectivity index is 1.27. The van der Waals surface area contributed by atoms with Crippen LogP contribution in [0, 0.1) is 0 Å². The van der Waals surface area contributed by atoms with E-state index in [2.05, 4.69) is 32.3 Å². The monoisotopic (exact) mass is 348 g/mol. The molecule has 134 valence electrons. The Hall–Kier alpha value is -2.82. The van der Waals surface area contributed by atoms with Gasteiger partial charge in [-0.15, -0.1) is 0 Å². The largest absolute Gasteiger partial charge is 0.361 e. The van der Waals surface area contributed by atoms with E-state index in [0.29, 0.717) is 6.42 Å². The smallest absolute Gasteiger partial charge is 0.224 e. The van der Waals surface area contributed by atoms with Crippen LogP contribution in [0.5, 0.6) is 0 Å². The first-order valence-electron chi connectivity index (χ1n) is 9.35. The average molecular weight is 348 g/mol. The fourth-order valence-electron chi connectivity index (χ4n) is 3.59. The minimum atomic E-state index is 0.0422. The predicted octanol–water partition coefficient (Wildman–Crippen LogP) is 4.12. The molecule has 1 amide bonds. The molecular weight excluding hydrogens is 324 g/mol. The van der Waals surface area contributed by atoms with E-state index in [9.17, 15) is 4.79 Å². The number of aromatic nitrogens is 2. The summed E-state index contributed by atoms with van der Waals surface area (Å²) in [5.41, 5.74) is 3.19. The topological polar surface area (TPSA) is 61.0 Å². The number of rotatable bonds is 6. The van der Waals surface area contributed by atoms with Gasteiger partial charge in [0.15, 0.2) is 0 Å². The Bertz CT molecular complexity index is 878. The van der Waals surface area contributed by atoms with Gasteiger partial charge in [-0.05, 0) is 49.4 Å². The maximum absolute atomic E-state index is 12.2. The van der Waals surface area contributed by atoms with Crippen LogP contribution in [-0.2, 0) is 11.2 Å². The van der Waals surface area contributed by atoms with Crippen LogP contribution in [0.3, 0.4) is 0 Å². The second-order valence-electron chi connectivity index (χ2n) is 6.86. The summed E-state index contributed by atoms with van der Waals surface area (Å²) in [7, 11) is 0. The normalized spacial score (nSPS) is 14.1. The average Bonchev–Trinajstić information content (AvgIpc) is 3.33. The van der Waals surface area contributed by atoms with Crippen molar-refractivity contribution in [2.24, 2.45) is 0 Å². The zero-order chi connectivity index (χ0) is 17.8. The molecule has 0 spiro atoms. The maximum atomic E-state index is 12.2. The van der Waals surface area contributed by atoms with E-state index in [-0.39, 0.29) is 5.91 Å². The minimum absolute atomic E-state index is 0.0422. The number of carbonyl (C=O) groups is 1. The second kappa shape index (κ2) is 7.60. The first-order chi connectivity index (χ1) is 12.8. The number of nitrogens with one attached hydrogen (secondary N) is 2. The number of hydrogen-bond donors (Lipinski definition) is 2. The molecule has 5 heteroatoms. The molecule has 26 heavy (non-hydrogen) atoms. The number of aryl methyl sites for hydroxylation is 1. The fourth-order valence-corrected chi connectivity index (χ4v) is 3.59. The highest BCUT2D eigenvalue weighted by molar-refractivity contribution is 5.90. The van der Waals surface area contributed by atoms with Crippen molar-refractivity contribution in [2.75, 3.05) is 23.3 Å². The number of hydrogen-bond acceptors (Lipinski definition) is 3. The van der Waals surface area contributed by atoms with Crippen molar-refractivity contribution in [3.8, 4) is 0 Å². The Morgan fingerprint density at radius 2 is 2.00 bits per heavy atom. The van der Waals surface area contributed by atoms with E-state index in [1.807, 2.05) is 30.5 Å². The van der Waals surface area contributed by atoms with Crippen LogP contribution >= 0.6 is 0 Å². The zero-order valence-electron chi connectivity index (χ0n) is 14.9. The molecule has 1 aromatic carbocycles. The Labute approximate surface area is 153 Å². The van der Waals surface area contributed by atoms with Gasteiger partial charge in [-0.25, -0.2) is 4.98 Å². The third-order valence-electron chi connectivity index (χ3n) is 4.99. The van der Waals surface area contributed by atoms with Crippen molar-refractivity contribution in [2.45, 2.75) is 32.1 Å². The van der Waals surface area contributed by atoms with Gasteiger partial charge >= 0.3 is 0 Å². The molecule has 0 saturated carbocycles. The molecule has 0 bridgehead atoms. The number of H-pyrrole nitrogens is 1. The third kappa shape index (κ3) is 3.72.